The number of likely N-dealkylation sites (tertiary alicyclic amines) is 1. The molecule has 1 fully saturated rings. The fourth-order valence-electron chi connectivity index (χ4n) is 2.71. The molecule has 0 amide bonds. The Morgan fingerprint density at radius 1 is 1.33 bits per heavy atom. The number of carbonyl (C=O) groups excluding carboxylic acids is 1. The van der Waals surface area contributed by atoms with Gasteiger partial charge in [0, 0.05) is 19.5 Å². The van der Waals surface area contributed by atoms with Gasteiger partial charge in [-0.1, -0.05) is 30.3 Å². The fraction of sp³-hybridized carbons (Fsp3) is 0.533. The fourth-order valence-corrected chi connectivity index (χ4v) is 2.71. The molecule has 0 saturated carbocycles. The quantitative estimate of drug-likeness (QED) is 0.862. The first-order chi connectivity index (χ1) is 8.78. The van der Waals surface area contributed by atoms with Gasteiger partial charge in [-0.05, 0) is 30.9 Å². The topological polar surface area (TPSA) is 46.3 Å². The summed E-state index contributed by atoms with van der Waals surface area (Å²) in [5.74, 6) is 0.695. The number of Topliss-reactive ketones (excluding diaryl/α,β-unsaturated/α-hetero) is 1. The van der Waals surface area contributed by atoms with Crippen LogP contribution in [0.2, 0.25) is 0 Å². The lowest BCUT2D eigenvalue weighted by atomic mass is 9.92. The van der Waals surface area contributed by atoms with Crippen molar-refractivity contribution in [3.63, 3.8) is 0 Å². The number of rotatable bonds is 5. The van der Waals surface area contributed by atoms with E-state index in [2.05, 4.69) is 29.2 Å². The van der Waals surface area contributed by atoms with Crippen LogP contribution in [0.1, 0.15) is 24.8 Å². The van der Waals surface area contributed by atoms with Gasteiger partial charge in [0.2, 0.25) is 0 Å². The normalized spacial score (nSPS) is 20.8. The first-order valence-corrected chi connectivity index (χ1v) is 6.76. The molecule has 1 heterocycles. The molecular weight excluding hydrogens is 224 g/mol. The molecule has 1 aliphatic heterocycles. The van der Waals surface area contributed by atoms with Gasteiger partial charge in [-0.15, -0.1) is 0 Å². The van der Waals surface area contributed by atoms with Crippen molar-refractivity contribution in [1.82, 2.24) is 4.90 Å². The van der Waals surface area contributed by atoms with Gasteiger partial charge >= 0.3 is 0 Å². The number of benzene rings is 1. The maximum atomic E-state index is 11.4. The van der Waals surface area contributed by atoms with Crippen LogP contribution in [0.5, 0.6) is 0 Å². The van der Waals surface area contributed by atoms with Gasteiger partial charge in [-0.25, -0.2) is 0 Å². The largest absolute Gasteiger partial charge is 0.324 e. The molecule has 1 atom stereocenters. The van der Waals surface area contributed by atoms with Crippen molar-refractivity contribution in [2.24, 2.45) is 11.7 Å². The lowest BCUT2D eigenvalue weighted by Crippen LogP contribution is -2.36. The van der Waals surface area contributed by atoms with Crippen molar-refractivity contribution >= 4 is 5.78 Å². The summed E-state index contributed by atoms with van der Waals surface area (Å²) >= 11 is 0. The predicted molar refractivity (Wildman–Crippen MR) is 73.1 cm³/mol. The van der Waals surface area contributed by atoms with Crippen LogP contribution in [0.15, 0.2) is 30.3 Å². The van der Waals surface area contributed by atoms with Gasteiger partial charge in [0.1, 0.15) is 5.78 Å². The summed E-state index contributed by atoms with van der Waals surface area (Å²) in [6, 6.07) is 10.5. The molecule has 0 bridgehead atoms. The van der Waals surface area contributed by atoms with Crippen LogP contribution in [0, 0.1) is 5.92 Å². The van der Waals surface area contributed by atoms with Crippen molar-refractivity contribution in [3.05, 3.63) is 35.9 Å². The van der Waals surface area contributed by atoms with E-state index in [9.17, 15) is 4.79 Å². The summed E-state index contributed by atoms with van der Waals surface area (Å²) in [5, 5.41) is 0. The zero-order chi connectivity index (χ0) is 12.8. The maximum Gasteiger partial charge on any atom is 0.146 e. The lowest BCUT2D eigenvalue weighted by Gasteiger charge is -2.32. The second-order valence-corrected chi connectivity index (χ2v) is 5.18. The Morgan fingerprint density at radius 2 is 2.11 bits per heavy atom. The minimum absolute atomic E-state index is 0.190. The second kappa shape index (κ2) is 6.66. The number of nitrogens with zero attached hydrogens (tertiary/aromatic N) is 1. The number of hydrogen-bond acceptors (Lipinski definition) is 3. The highest BCUT2D eigenvalue weighted by atomic mass is 16.1. The van der Waals surface area contributed by atoms with Crippen molar-refractivity contribution in [1.29, 1.82) is 0 Å². The Morgan fingerprint density at radius 3 is 2.83 bits per heavy atom. The van der Waals surface area contributed by atoms with Crippen LogP contribution in [-0.2, 0) is 11.3 Å². The first-order valence-electron chi connectivity index (χ1n) is 6.76. The monoisotopic (exact) mass is 246 g/mol. The Balaban J connectivity index is 1.85. The second-order valence-electron chi connectivity index (χ2n) is 5.18. The summed E-state index contributed by atoms with van der Waals surface area (Å²) in [6.45, 7) is 3.35. The molecule has 0 aliphatic carbocycles. The van der Waals surface area contributed by atoms with Gasteiger partial charge in [0.25, 0.3) is 0 Å². The Bertz CT molecular complexity index is 377. The van der Waals surface area contributed by atoms with E-state index in [4.69, 9.17) is 5.73 Å². The molecule has 3 heteroatoms. The average molecular weight is 246 g/mol. The number of carbonyl (C=O) groups is 1. The smallest absolute Gasteiger partial charge is 0.146 e. The standard InChI is InChI=1S/C15H22N2O/c16-10-15(18)9-14-7-4-8-17(12-14)11-13-5-2-1-3-6-13/h1-3,5-6,14H,4,7-12,16H2. The number of ketones is 1. The highest BCUT2D eigenvalue weighted by Gasteiger charge is 2.21. The molecule has 0 aromatic heterocycles. The van der Waals surface area contributed by atoms with Gasteiger partial charge < -0.3 is 5.73 Å². The van der Waals surface area contributed by atoms with Crippen molar-refractivity contribution < 1.29 is 4.79 Å². The van der Waals surface area contributed by atoms with Crippen LogP contribution in [-0.4, -0.2) is 30.3 Å². The van der Waals surface area contributed by atoms with Crippen molar-refractivity contribution in [2.45, 2.75) is 25.8 Å². The van der Waals surface area contributed by atoms with E-state index in [0.29, 0.717) is 12.3 Å². The molecule has 2 rings (SSSR count). The van der Waals surface area contributed by atoms with Gasteiger partial charge in [-0.3, -0.25) is 9.69 Å². The average Bonchev–Trinajstić information content (AvgIpc) is 2.40. The molecule has 1 aliphatic rings. The van der Waals surface area contributed by atoms with E-state index in [1.54, 1.807) is 0 Å². The molecule has 1 saturated heterocycles. The molecule has 18 heavy (non-hydrogen) atoms. The van der Waals surface area contributed by atoms with E-state index in [1.807, 2.05) is 6.07 Å². The number of piperidine rings is 1. The van der Waals surface area contributed by atoms with Gasteiger partial charge in [0.05, 0.1) is 6.54 Å². The Labute approximate surface area is 109 Å². The van der Waals surface area contributed by atoms with Crippen LogP contribution in [0.4, 0.5) is 0 Å². The Hall–Kier alpha value is -1.19. The van der Waals surface area contributed by atoms with E-state index in [0.717, 1.165) is 26.1 Å². The predicted octanol–water partition coefficient (Wildman–Crippen LogP) is 1.82. The molecule has 0 radical (unpaired) electrons. The summed E-state index contributed by atoms with van der Waals surface area (Å²) in [5.41, 5.74) is 6.73. The molecule has 1 aromatic rings. The molecule has 3 nitrogen and oxygen atoms in total. The Kier molecular flexibility index (Phi) is 4.90. The van der Waals surface area contributed by atoms with Crippen LogP contribution >= 0.6 is 0 Å². The summed E-state index contributed by atoms with van der Waals surface area (Å²) in [4.78, 5) is 13.9. The molecule has 98 valence electrons. The zero-order valence-electron chi connectivity index (χ0n) is 10.8. The highest BCUT2D eigenvalue weighted by Crippen LogP contribution is 2.21. The van der Waals surface area contributed by atoms with E-state index in [1.165, 1.54) is 12.0 Å². The summed E-state index contributed by atoms with van der Waals surface area (Å²) in [7, 11) is 0. The molecule has 1 unspecified atom stereocenters. The van der Waals surface area contributed by atoms with Crippen molar-refractivity contribution in [2.75, 3.05) is 19.6 Å². The third kappa shape index (κ3) is 3.93. The lowest BCUT2D eigenvalue weighted by molar-refractivity contribution is -0.119. The first kappa shape index (κ1) is 13.2. The minimum atomic E-state index is 0.190. The zero-order valence-corrected chi connectivity index (χ0v) is 10.8. The maximum absolute atomic E-state index is 11.4. The third-order valence-electron chi connectivity index (χ3n) is 3.60. The summed E-state index contributed by atoms with van der Waals surface area (Å²) < 4.78 is 0. The highest BCUT2D eigenvalue weighted by molar-refractivity contribution is 5.80. The van der Waals surface area contributed by atoms with Gasteiger partial charge in [-0.2, -0.15) is 0 Å². The molecular formula is C15H22N2O. The van der Waals surface area contributed by atoms with Crippen LogP contribution in [0.25, 0.3) is 0 Å². The van der Waals surface area contributed by atoms with E-state index < -0.39 is 0 Å². The van der Waals surface area contributed by atoms with E-state index in [-0.39, 0.29) is 12.3 Å². The van der Waals surface area contributed by atoms with Crippen LogP contribution in [0.3, 0.4) is 0 Å². The van der Waals surface area contributed by atoms with E-state index >= 15 is 0 Å². The minimum Gasteiger partial charge on any atom is -0.324 e. The molecule has 2 N–H and O–H groups in total. The molecule has 1 aromatic carbocycles. The van der Waals surface area contributed by atoms with Gasteiger partial charge in [0.15, 0.2) is 0 Å². The third-order valence-corrected chi connectivity index (χ3v) is 3.60. The molecule has 0 spiro atoms. The number of hydrogen-bond donors (Lipinski definition) is 1. The number of nitrogens with two attached hydrogens (primary N) is 1. The van der Waals surface area contributed by atoms with Crippen molar-refractivity contribution in [3.8, 4) is 0 Å². The van der Waals surface area contributed by atoms with Crippen LogP contribution < -0.4 is 5.73 Å². The SMILES string of the molecule is NCC(=O)CC1CCCN(Cc2ccccc2)C1. The summed E-state index contributed by atoms with van der Waals surface area (Å²) in [6.07, 6.45) is 3.01.